The molecule has 0 unspecified atom stereocenters. The van der Waals surface area contributed by atoms with Gasteiger partial charge in [0.25, 0.3) is 0 Å². The smallest absolute Gasteiger partial charge is 0.335 e. The zero-order valence-corrected chi connectivity index (χ0v) is 11.8. The zero-order valence-electron chi connectivity index (χ0n) is 11.0. The van der Waals surface area contributed by atoms with Gasteiger partial charge in [-0.25, -0.2) is 4.79 Å². The Bertz CT molecular complexity index is 672. The summed E-state index contributed by atoms with van der Waals surface area (Å²) in [5.74, 6) is -0.908. The summed E-state index contributed by atoms with van der Waals surface area (Å²) in [5.41, 5.74) is 1.96. The molecule has 2 rings (SSSR count). The standard InChI is InChI=1S/C16H13NO2S/c1-2-12-9-13(16(18)19)5-8-15(12)20-14-6-3-11(10-17)4-7-14/h3-9H,2H2,1H3,(H,18,19). The quantitative estimate of drug-likeness (QED) is 0.922. The van der Waals surface area contributed by atoms with Gasteiger partial charge in [0.1, 0.15) is 0 Å². The number of nitriles is 1. The van der Waals surface area contributed by atoms with Crippen LogP contribution in [0.1, 0.15) is 28.4 Å². The lowest BCUT2D eigenvalue weighted by molar-refractivity contribution is 0.0696. The lowest BCUT2D eigenvalue weighted by Crippen LogP contribution is -1.98. The first-order chi connectivity index (χ1) is 9.63. The van der Waals surface area contributed by atoms with E-state index < -0.39 is 5.97 Å². The highest BCUT2D eigenvalue weighted by molar-refractivity contribution is 7.99. The van der Waals surface area contributed by atoms with E-state index in [1.54, 1.807) is 36.0 Å². The van der Waals surface area contributed by atoms with Crippen molar-refractivity contribution in [1.82, 2.24) is 0 Å². The van der Waals surface area contributed by atoms with Crippen molar-refractivity contribution >= 4 is 17.7 Å². The molecule has 0 amide bonds. The van der Waals surface area contributed by atoms with E-state index in [2.05, 4.69) is 6.07 Å². The van der Waals surface area contributed by atoms with Crippen molar-refractivity contribution in [3.8, 4) is 6.07 Å². The highest BCUT2D eigenvalue weighted by Crippen LogP contribution is 2.31. The number of nitrogens with zero attached hydrogens (tertiary/aromatic N) is 1. The van der Waals surface area contributed by atoms with E-state index in [0.717, 1.165) is 21.8 Å². The van der Waals surface area contributed by atoms with Gasteiger partial charge in [0.15, 0.2) is 0 Å². The molecule has 0 aliphatic heterocycles. The molecule has 0 aromatic heterocycles. The fourth-order valence-electron chi connectivity index (χ4n) is 1.81. The van der Waals surface area contributed by atoms with Crippen molar-refractivity contribution < 1.29 is 9.90 Å². The van der Waals surface area contributed by atoms with Crippen LogP contribution in [0, 0.1) is 11.3 Å². The van der Waals surface area contributed by atoms with Gasteiger partial charge in [-0.2, -0.15) is 5.26 Å². The third kappa shape index (κ3) is 3.19. The van der Waals surface area contributed by atoms with E-state index in [9.17, 15) is 4.79 Å². The fraction of sp³-hybridized carbons (Fsp3) is 0.125. The Hall–Kier alpha value is -2.25. The molecule has 4 heteroatoms. The molecule has 0 radical (unpaired) electrons. The number of hydrogen-bond acceptors (Lipinski definition) is 3. The first kappa shape index (κ1) is 14.2. The topological polar surface area (TPSA) is 61.1 Å². The van der Waals surface area contributed by atoms with Gasteiger partial charge in [-0.05, 0) is 54.4 Å². The van der Waals surface area contributed by atoms with Crippen LogP contribution in [0.3, 0.4) is 0 Å². The van der Waals surface area contributed by atoms with Gasteiger partial charge < -0.3 is 5.11 Å². The van der Waals surface area contributed by atoms with Gasteiger partial charge in [0.2, 0.25) is 0 Å². The molecule has 0 spiro atoms. The summed E-state index contributed by atoms with van der Waals surface area (Å²) >= 11 is 1.58. The van der Waals surface area contributed by atoms with Crippen molar-refractivity contribution in [2.24, 2.45) is 0 Å². The SMILES string of the molecule is CCc1cc(C(=O)O)ccc1Sc1ccc(C#N)cc1. The lowest BCUT2D eigenvalue weighted by Gasteiger charge is -2.08. The maximum atomic E-state index is 11.0. The monoisotopic (exact) mass is 283 g/mol. The van der Waals surface area contributed by atoms with Crippen molar-refractivity contribution in [1.29, 1.82) is 5.26 Å². The Morgan fingerprint density at radius 2 is 1.95 bits per heavy atom. The minimum Gasteiger partial charge on any atom is -0.478 e. The van der Waals surface area contributed by atoms with Gasteiger partial charge in [0, 0.05) is 9.79 Å². The van der Waals surface area contributed by atoms with Crippen LogP contribution in [-0.4, -0.2) is 11.1 Å². The minimum absolute atomic E-state index is 0.311. The zero-order chi connectivity index (χ0) is 14.5. The molecule has 0 saturated heterocycles. The maximum Gasteiger partial charge on any atom is 0.335 e. The summed E-state index contributed by atoms with van der Waals surface area (Å²) in [6.07, 6.45) is 0.778. The summed E-state index contributed by atoms with van der Waals surface area (Å²) in [7, 11) is 0. The molecule has 20 heavy (non-hydrogen) atoms. The summed E-state index contributed by atoms with van der Waals surface area (Å²) in [6, 6.07) is 14.6. The number of carbonyl (C=O) groups is 1. The molecule has 0 bridgehead atoms. The van der Waals surface area contributed by atoms with E-state index in [1.165, 1.54) is 0 Å². The van der Waals surface area contributed by atoms with E-state index in [0.29, 0.717) is 11.1 Å². The molecular formula is C16H13NO2S. The highest BCUT2D eigenvalue weighted by Gasteiger charge is 2.08. The van der Waals surface area contributed by atoms with E-state index in [-0.39, 0.29) is 0 Å². The Kier molecular flexibility index (Phi) is 4.44. The normalized spacial score (nSPS) is 10.0. The fourth-order valence-corrected chi connectivity index (χ4v) is 2.81. The first-order valence-corrected chi connectivity index (χ1v) is 7.00. The van der Waals surface area contributed by atoms with Gasteiger partial charge in [0.05, 0.1) is 17.2 Å². The summed E-state index contributed by atoms with van der Waals surface area (Å²) < 4.78 is 0. The summed E-state index contributed by atoms with van der Waals surface area (Å²) in [4.78, 5) is 13.0. The number of aromatic carboxylic acids is 1. The van der Waals surface area contributed by atoms with E-state index in [4.69, 9.17) is 10.4 Å². The molecule has 1 N–H and O–H groups in total. The molecule has 2 aromatic rings. The van der Waals surface area contributed by atoms with Crippen LogP contribution in [0.25, 0.3) is 0 Å². The third-order valence-corrected chi connectivity index (χ3v) is 4.03. The van der Waals surface area contributed by atoms with Gasteiger partial charge in [-0.1, -0.05) is 18.7 Å². The number of carboxylic acid groups (broad SMARTS) is 1. The summed E-state index contributed by atoms with van der Waals surface area (Å²) in [6.45, 7) is 2.00. The molecule has 0 atom stereocenters. The Morgan fingerprint density at radius 1 is 1.25 bits per heavy atom. The molecule has 0 aliphatic rings. The Labute approximate surface area is 121 Å². The van der Waals surface area contributed by atoms with Crippen molar-refractivity contribution in [2.45, 2.75) is 23.1 Å². The third-order valence-electron chi connectivity index (χ3n) is 2.90. The second-order valence-corrected chi connectivity index (χ2v) is 5.33. The predicted octanol–water partition coefficient (Wildman–Crippen LogP) is 3.97. The van der Waals surface area contributed by atoms with E-state index >= 15 is 0 Å². The second-order valence-electron chi connectivity index (χ2n) is 4.22. The van der Waals surface area contributed by atoms with Crippen LogP contribution < -0.4 is 0 Å². The van der Waals surface area contributed by atoms with E-state index in [1.807, 2.05) is 25.1 Å². The van der Waals surface area contributed by atoms with Crippen molar-refractivity contribution in [3.63, 3.8) is 0 Å². The van der Waals surface area contributed by atoms with Gasteiger partial charge in [-0.15, -0.1) is 0 Å². The van der Waals surface area contributed by atoms with Crippen LogP contribution in [0.5, 0.6) is 0 Å². The molecule has 0 heterocycles. The van der Waals surface area contributed by atoms with Crippen LogP contribution in [0.4, 0.5) is 0 Å². The molecule has 0 saturated carbocycles. The van der Waals surface area contributed by atoms with Crippen molar-refractivity contribution in [2.75, 3.05) is 0 Å². The van der Waals surface area contributed by atoms with Crippen LogP contribution in [-0.2, 0) is 6.42 Å². The lowest BCUT2D eigenvalue weighted by atomic mass is 10.1. The number of carboxylic acids is 1. The molecule has 0 aliphatic carbocycles. The highest BCUT2D eigenvalue weighted by atomic mass is 32.2. The Morgan fingerprint density at radius 3 is 2.50 bits per heavy atom. The van der Waals surface area contributed by atoms with Crippen LogP contribution >= 0.6 is 11.8 Å². The molecule has 3 nitrogen and oxygen atoms in total. The maximum absolute atomic E-state index is 11.0. The van der Waals surface area contributed by atoms with Crippen molar-refractivity contribution in [3.05, 3.63) is 59.2 Å². The van der Waals surface area contributed by atoms with Crippen LogP contribution in [0.2, 0.25) is 0 Å². The predicted molar refractivity (Wildman–Crippen MR) is 78.1 cm³/mol. The van der Waals surface area contributed by atoms with Gasteiger partial charge >= 0.3 is 5.97 Å². The number of benzene rings is 2. The Balaban J connectivity index is 2.28. The number of rotatable bonds is 4. The molecule has 2 aromatic carbocycles. The molecule has 100 valence electrons. The van der Waals surface area contributed by atoms with Gasteiger partial charge in [-0.3, -0.25) is 0 Å². The second kappa shape index (κ2) is 6.27. The first-order valence-electron chi connectivity index (χ1n) is 6.18. The molecular weight excluding hydrogens is 270 g/mol. The molecule has 0 fully saturated rings. The average molecular weight is 283 g/mol. The van der Waals surface area contributed by atoms with Crippen LogP contribution in [0.15, 0.2) is 52.3 Å². The largest absolute Gasteiger partial charge is 0.478 e. The summed E-state index contributed by atoms with van der Waals surface area (Å²) in [5, 5.41) is 17.8. The average Bonchev–Trinajstić information content (AvgIpc) is 2.48. The number of aryl methyl sites for hydroxylation is 1. The number of hydrogen-bond donors (Lipinski definition) is 1. The minimum atomic E-state index is -0.908.